The quantitative estimate of drug-likeness (QED) is 0.837. The van der Waals surface area contributed by atoms with Crippen LogP contribution in [0.1, 0.15) is 30.1 Å². The molecule has 0 spiro atoms. The Bertz CT molecular complexity index is 406. The third-order valence-corrected chi connectivity index (χ3v) is 3.25. The minimum absolute atomic E-state index is 0.0552. The van der Waals surface area contributed by atoms with Crippen molar-refractivity contribution in [1.29, 1.82) is 0 Å². The highest BCUT2D eigenvalue weighted by Gasteiger charge is 2.16. The summed E-state index contributed by atoms with van der Waals surface area (Å²) in [5.41, 5.74) is 2.86. The number of carbonyl (C=O) groups is 1. The number of hydrogen-bond donors (Lipinski definition) is 2. The predicted molar refractivity (Wildman–Crippen MR) is 66.8 cm³/mol. The number of aliphatic hydroxyl groups excluding tert-OH is 1. The van der Waals surface area contributed by atoms with Crippen LogP contribution in [-0.2, 0) is 11.2 Å². The second kappa shape index (κ2) is 4.97. The zero-order valence-corrected chi connectivity index (χ0v) is 10.5. The zero-order valence-electron chi connectivity index (χ0n) is 8.87. The highest BCUT2D eigenvalue weighted by Crippen LogP contribution is 2.27. The van der Waals surface area contributed by atoms with Gasteiger partial charge in [0.2, 0.25) is 5.91 Å². The molecule has 0 fully saturated rings. The molecule has 0 unspecified atom stereocenters. The van der Waals surface area contributed by atoms with Gasteiger partial charge in [0.1, 0.15) is 0 Å². The molecule has 1 heterocycles. The van der Waals surface area contributed by atoms with Crippen LogP contribution in [0, 0.1) is 0 Å². The Morgan fingerprint density at radius 1 is 1.44 bits per heavy atom. The van der Waals surface area contributed by atoms with Crippen LogP contribution < -0.4 is 5.32 Å². The molecule has 16 heavy (non-hydrogen) atoms. The molecule has 1 amide bonds. The van der Waals surface area contributed by atoms with Gasteiger partial charge in [0, 0.05) is 17.4 Å². The molecular weight excluding hydrogens is 270 g/mol. The van der Waals surface area contributed by atoms with E-state index in [1.54, 1.807) is 0 Å². The first-order chi connectivity index (χ1) is 7.70. The fourth-order valence-corrected chi connectivity index (χ4v) is 2.30. The van der Waals surface area contributed by atoms with E-state index >= 15 is 0 Å². The summed E-state index contributed by atoms with van der Waals surface area (Å²) in [7, 11) is 0. The number of aryl methyl sites for hydroxylation is 1. The Balaban J connectivity index is 2.24. The lowest BCUT2D eigenvalue weighted by Crippen LogP contribution is -2.19. The van der Waals surface area contributed by atoms with Crippen LogP contribution in [0.15, 0.2) is 18.2 Å². The first-order valence-corrected chi connectivity index (χ1v) is 6.49. The molecule has 0 aliphatic carbocycles. The van der Waals surface area contributed by atoms with Gasteiger partial charge in [-0.15, -0.1) is 0 Å². The number of carbonyl (C=O) groups excluding carboxylic acids is 1. The van der Waals surface area contributed by atoms with Gasteiger partial charge in [-0.3, -0.25) is 4.79 Å². The Labute approximate surface area is 103 Å². The van der Waals surface area contributed by atoms with Crippen LogP contribution in [0.25, 0.3) is 0 Å². The van der Waals surface area contributed by atoms with Gasteiger partial charge in [0.25, 0.3) is 0 Å². The molecule has 0 aromatic heterocycles. The highest BCUT2D eigenvalue weighted by molar-refractivity contribution is 9.09. The second-order valence-corrected chi connectivity index (χ2v) is 4.75. The Morgan fingerprint density at radius 3 is 3.00 bits per heavy atom. The number of aliphatic hydroxyl groups is 1. The van der Waals surface area contributed by atoms with Gasteiger partial charge in [0.05, 0.1) is 6.10 Å². The Hall–Kier alpha value is -0.870. The molecule has 1 aliphatic heterocycles. The molecule has 1 aromatic carbocycles. The molecule has 3 nitrogen and oxygen atoms in total. The number of benzene rings is 1. The van der Waals surface area contributed by atoms with Crippen molar-refractivity contribution in [2.75, 3.05) is 10.6 Å². The number of hydrogen-bond acceptors (Lipinski definition) is 2. The molecule has 86 valence electrons. The molecule has 1 aliphatic rings. The van der Waals surface area contributed by atoms with Crippen molar-refractivity contribution < 1.29 is 9.90 Å². The average Bonchev–Trinajstić information content (AvgIpc) is 2.28. The average molecular weight is 284 g/mol. The topological polar surface area (TPSA) is 49.3 Å². The Morgan fingerprint density at radius 2 is 2.25 bits per heavy atom. The monoisotopic (exact) mass is 283 g/mol. The molecule has 1 atom stereocenters. The summed E-state index contributed by atoms with van der Waals surface area (Å²) in [6.07, 6.45) is 1.54. The molecule has 2 rings (SSSR count). The number of amides is 1. The molecule has 0 saturated heterocycles. The predicted octanol–water partition coefficient (Wildman–Crippen LogP) is 2.39. The van der Waals surface area contributed by atoms with E-state index in [-0.39, 0.29) is 5.91 Å². The van der Waals surface area contributed by atoms with Crippen LogP contribution in [-0.4, -0.2) is 16.3 Å². The summed E-state index contributed by atoms with van der Waals surface area (Å²) in [6.45, 7) is 0. The summed E-state index contributed by atoms with van der Waals surface area (Å²) < 4.78 is 0. The third kappa shape index (κ3) is 2.44. The molecule has 0 bridgehead atoms. The van der Waals surface area contributed by atoms with Crippen LogP contribution in [0.5, 0.6) is 0 Å². The lowest BCUT2D eigenvalue weighted by molar-refractivity contribution is -0.116. The SMILES string of the molecule is O=C1CCc2ccc([C@@H](O)CCBr)cc2N1. The Kier molecular flexibility index (Phi) is 3.61. The third-order valence-electron chi connectivity index (χ3n) is 2.80. The van der Waals surface area contributed by atoms with Crippen LogP contribution in [0.4, 0.5) is 5.69 Å². The summed E-state index contributed by atoms with van der Waals surface area (Å²) in [6, 6.07) is 5.80. The standard InChI is InChI=1S/C12H14BrNO2/c13-6-5-11(15)9-2-1-8-3-4-12(16)14-10(8)7-9/h1-2,7,11,15H,3-6H2,(H,14,16)/t11-/m0/s1. The van der Waals surface area contributed by atoms with E-state index in [1.807, 2.05) is 18.2 Å². The van der Waals surface area contributed by atoms with E-state index in [1.165, 1.54) is 0 Å². The minimum atomic E-state index is -0.469. The maximum Gasteiger partial charge on any atom is 0.224 e. The van der Waals surface area contributed by atoms with Crippen molar-refractivity contribution in [2.24, 2.45) is 0 Å². The van der Waals surface area contributed by atoms with Gasteiger partial charge in [-0.25, -0.2) is 0 Å². The highest BCUT2D eigenvalue weighted by atomic mass is 79.9. The van der Waals surface area contributed by atoms with Gasteiger partial charge in [-0.1, -0.05) is 28.1 Å². The largest absolute Gasteiger partial charge is 0.388 e. The number of rotatable bonds is 3. The van der Waals surface area contributed by atoms with Crippen molar-refractivity contribution in [1.82, 2.24) is 0 Å². The van der Waals surface area contributed by atoms with E-state index in [2.05, 4.69) is 21.2 Å². The van der Waals surface area contributed by atoms with E-state index in [0.717, 1.165) is 28.6 Å². The maximum atomic E-state index is 11.3. The molecule has 4 heteroatoms. The van der Waals surface area contributed by atoms with E-state index in [0.29, 0.717) is 12.8 Å². The van der Waals surface area contributed by atoms with E-state index in [9.17, 15) is 9.90 Å². The van der Waals surface area contributed by atoms with Crippen molar-refractivity contribution in [2.45, 2.75) is 25.4 Å². The van der Waals surface area contributed by atoms with Crippen molar-refractivity contribution in [3.05, 3.63) is 29.3 Å². The van der Waals surface area contributed by atoms with Gasteiger partial charge < -0.3 is 10.4 Å². The molecule has 0 radical (unpaired) electrons. The molecular formula is C12H14BrNO2. The number of fused-ring (bicyclic) bond motifs is 1. The van der Waals surface area contributed by atoms with Crippen LogP contribution >= 0.6 is 15.9 Å². The second-order valence-electron chi connectivity index (χ2n) is 3.96. The summed E-state index contributed by atoms with van der Waals surface area (Å²) in [4.78, 5) is 11.3. The normalized spacial score (nSPS) is 16.5. The summed E-state index contributed by atoms with van der Waals surface area (Å²) in [5, 5.41) is 13.4. The van der Waals surface area contributed by atoms with Gasteiger partial charge in [-0.2, -0.15) is 0 Å². The fourth-order valence-electron chi connectivity index (χ4n) is 1.87. The number of alkyl halides is 1. The van der Waals surface area contributed by atoms with Crippen LogP contribution in [0.2, 0.25) is 0 Å². The number of anilines is 1. The zero-order chi connectivity index (χ0) is 11.5. The lowest BCUT2D eigenvalue weighted by atomic mass is 9.98. The first kappa shape index (κ1) is 11.6. The van der Waals surface area contributed by atoms with Crippen molar-refractivity contribution in [3.8, 4) is 0 Å². The van der Waals surface area contributed by atoms with E-state index in [4.69, 9.17) is 0 Å². The van der Waals surface area contributed by atoms with Gasteiger partial charge in [0.15, 0.2) is 0 Å². The van der Waals surface area contributed by atoms with Crippen molar-refractivity contribution in [3.63, 3.8) is 0 Å². The number of halogens is 1. The minimum Gasteiger partial charge on any atom is -0.388 e. The molecule has 0 saturated carbocycles. The smallest absolute Gasteiger partial charge is 0.224 e. The van der Waals surface area contributed by atoms with E-state index < -0.39 is 6.10 Å². The summed E-state index contributed by atoms with van der Waals surface area (Å²) >= 11 is 3.30. The number of nitrogens with one attached hydrogen (secondary N) is 1. The maximum absolute atomic E-state index is 11.3. The van der Waals surface area contributed by atoms with Gasteiger partial charge in [-0.05, 0) is 30.0 Å². The first-order valence-electron chi connectivity index (χ1n) is 5.37. The van der Waals surface area contributed by atoms with Crippen LogP contribution in [0.3, 0.4) is 0 Å². The molecule has 2 N–H and O–H groups in total. The molecule has 1 aromatic rings. The lowest BCUT2D eigenvalue weighted by Gasteiger charge is -2.19. The van der Waals surface area contributed by atoms with Crippen molar-refractivity contribution >= 4 is 27.5 Å². The van der Waals surface area contributed by atoms with Gasteiger partial charge >= 0.3 is 0 Å². The fraction of sp³-hybridized carbons (Fsp3) is 0.417. The summed E-state index contributed by atoms with van der Waals surface area (Å²) in [5.74, 6) is 0.0552.